The lowest BCUT2D eigenvalue weighted by atomic mass is 9.98. The Balaban J connectivity index is 2.43. The molecule has 9 nitrogen and oxygen atoms in total. The molecule has 0 unspecified atom stereocenters. The summed E-state index contributed by atoms with van der Waals surface area (Å²) >= 11 is 0. The molecular formula is C17H18FN3O6S. The third-order valence-corrected chi connectivity index (χ3v) is 4.33. The minimum atomic E-state index is -3.64. The van der Waals surface area contributed by atoms with Crippen molar-refractivity contribution in [1.29, 1.82) is 0 Å². The topological polar surface area (TPSA) is 128 Å². The Labute approximate surface area is 160 Å². The number of anilines is 1. The van der Waals surface area contributed by atoms with Crippen LogP contribution in [0.4, 0.5) is 15.8 Å². The van der Waals surface area contributed by atoms with Crippen LogP contribution in [-0.4, -0.2) is 25.5 Å². The molecule has 2 rings (SSSR count). The number of halogens is 1. The van der Waals surface area contributed by atoms with E-state index in [9.17, 15) is 27.7 Å². The van der Waals surface area contributed by atoms with Gasteiger partial charge < -0.3 is 4.84 Å². The smallest absolute Gasteiger partial charge is 0.272 e. The van der Waals surface area contributed by atoms with Crippen molar-refractivity contribution in [1.82, 2.24) is 5.48 Å². The molecular weight excluding hydrogens is 393 g/mol. The van der Waals surface area contributed by atoms with Crippen LogP contribution in [0.1, 0.15) is 23.6 Å². The summed E-state index contributed by atoms with van der Waals surface area (Å²) < 4.78 is 38.8. The molecule has 0 bridgehead atoms. The summed E-state index contributed by atoms with van der Waals surface area (Å²) in [6.07, 6.45) is 0.955. The molecule has 2 N–H and O–H groups in total. The number of hydrogen-bond donors (Lipinski definition) is 2. The van der Waals surface area contributed by atoms with E-state index in [2.05, 4.69) is 10.2 Å². The second-order valence-corrected chi connectivity index (χ2v) is 7.82. The quantitative estimate of drug-likeness (QED) is 0.532. The van der Waals surface area contributed by atoms with Crippen molar-refractivity contribution in [3.05, 3.63) is 63.0 Å². The van der Waals surface area contributed by atoms with Gasteiger partial charge in [-0.15, -0.1) is 0 Å². The molecule has 11 heteroatoms. The van der Waals surface area contributed by atoms with Gasteiger partial charge in [0.05, 0.1) is 16.9 Å². The Morgan fingerprint density at radius 1 is 1.29 bits per heavy atom. The average molecular weight is 411 g/mol. The summed E-state index contributed by atoms with van der Waals surface area (Å²) in [4.78, 5) is 26.9. The van der Waals surface area contributed by atoms with Gasteiger partial charge in [-0.25, -0.2) is 12.8 Å². The average Bonchev–Trinajstić information content (AvgIpc) is 2.56. The van der Waals surface area contributed by atoms with Crippen LogP contribution in [0.5, 0.6) is 5.75 Å². The summed E-state index contributed by atoms with van der Waals surface area (Å²) in [5, 5.41) is 11.2. The zero-order valence-electron chi connectivity index (χ0n) is 15.3. The van der Waals surface area contributed by atoms with Crippen molar-refractivity contribution >= 4 is 27.3 Å². The van der Waals surface area contributed by atoms with E-state index in [1.54, 1.807) is 0 Å². The molecule has 1 amide bonds. The van der Waals surface area contributed by atoms with Crippen molar-refractivity contribution in [2.75, 3.05) is 11.0 Å². The lowest BCUT2D eigenvalue weighted by Gasteiger charge is -2.14. The third-order valence-electron chi connectivity index (χ3n) is 3.74. The Morgan fingerprint density at radius 2 is 1.96 bits per heavy atom. The highest BCUT2D eigenvalue weighted by molar-refractivity contribution is 7.92. The van der Waals surface area contributed by atoms with Gasteiger partial charge in [0.2, 0.25) is 15.9 Å². The first kappa shape index (κ1) is 21.1. The van der Waals surface area contributed by atoms with Gasteiger partial charge in [-0.05, 0) is 30.7 Å². The van der Waals surface area contributed by atoms with Gasteiger partial charge in [-0.3, -0.25) is 19.6 Å². The second-order valence-electron chi connectivity index (χ2n) is 6.07. The van der Waals surface area contributed by atoms with Gasteiger partial charge in [0.25, 0.3) is 5.69 Å². The van der Waals surface area contributed by atoms with E-state index in [1.165, 1.54) is 38.1 Å². The van der Waals surface area contributed by atoms with E-state index in [4.69, 9.17) is 4.84 Å². The zero-order chi connectivity index (χ0) is 21.1. The summed E-state index contributed by atoms with van der Waals surface area (Å²) in [6, 6.07) is 6.44. The van der Waals surface area contributed by atoms with E-state index in [1.807, 2.05) is 0 Å². The molecule has 0 spiro atoms. The molecule has 0 aliphatic carbocycles. The van der Waals surface area contributed by atoms with Gasteiger partial charge in [0.15, 0.2) is 5.75 Å². The number of nitro benzene ring substituents is 1. The highest BCUT2D eigenvalue weighted by atomic mass is 32.2. The Bertz CT molecular complexity index is 1040. The number of hydrogen-bond acceptors (Lipinski definition) is 6. The van der Waals surface area contributed by atoms with Gasteiger partial charge in [-0.2, -0.15) is 5.48 Å². The maximum absolute atomic E-state index is 14.2. The number of carbonyl (C=O) groups is 1. The molecule has 0 radical (unpaired) electrons. The number of nitro groups is 1. The molecule has 150 valence electrons. The van der Waals surface area contributed by atoms with Crippen LogP contribution in [-0.2, 0) is 21.2 Å². The number of rotatable bonds is 7. The van der Waals surface area contributed by atoms with Crippen molar-refractivity contribution in [3.8, 4) is 5.75 Å². The largest absolute Gasteiger partial charge is 0.379 e. The maximum Gasteiger partial charge on any atom is 0.272 e. The van der Waals surface area contributed by atoms with Crippen LogP contribution in [0.15, 0.2) is 30.3 Å². The highest BCUT2D eigenvalue weighted by Crippen LogP contribution is 2.32. The zero-order valence-corrected chi connectivity index (χ0v) is 16.1. The number of nitrogens with one attached hydrogen (secondary N) is 2. The number of nitrogens with zero attached hydrogens (tertiary/aromatic N) is 1. The highest BCUT2D eigenvalue weighted by Gasteiger charge is 2.20. The van der Waals surface area contributed by atoms with E-state index >= 15 is 0 Å². The van der Waals surface area contributed by atoms with Crippen LogP contribution in [0.3, 0.4) is 0 Å². The SMILES string of the molecule is CC(=O)NOc1ccc([N+](=O)[O-])c(C)c1Cc1ccc(NS(C)(=O)=O)c(F)c1. The molecule has 0 fully saturated rings. The minimum absolute atomic E-state index is 0.0541. The monoisotopic (exact) mass is 411 g/mol. The molecule has 0 aliphatic heterocycles. The predicted octanol–water partition coefficient (Wildman–Crippen LogP) is 2.43. The van der Waals surface area contributed by atoms with Crippen LogP contribution in [0.25, 0.3) is 0 Å². The molecule has 28 heavy (non-hydrogen) atoms. The van der Waals surface area contributed by atoms with Crippen LogP contribution < -0.4 is 15.0 Å². The van der Waals surface area contributed by atoms with Gasteiger partial charge >= 0.3 is 0 Å². The van der Waals surface area contributed by atoms with Gasteiger partial charge in [-0.1, -0.05) is 6.07 Å². The van der Waals surface area contributed by atoms with Crippen molar-refractivity contribution in [2.45, 2.75) is 20.3 Å². The van der Waals surface area contributed by atoms with E-state index in [-0.39, 0.29) is 23.5 Å². The number of sulfonamides is 1. The fourth-order valence-electron chi connectivity index (χ4n) is 2.51. The first-order valence-electron chi connectivity index (χ1n) is 7.94. The van der Waals surface area contributed by atoms with Crippen LogP contribution >= 0.6 is 0 Å². The fourth-order valence-corrected chi connectivity index (χ4v) is 3.08. The predicted molar refractivity (Wildman–Crippen MR) is 100.0 cm³/mol. The lowest BCUT2D eigenvalue weighted by molar-refractivity contribution is -0.385. The van der Waals surface area contributed by atoms with Crippen molar-refractivity contribution < 1.29 is 27.4 Å². The first-order chi connectivity index (χ1) is 13.0. The van der Waals surface area contributed by atoms with Crippen LogP contribution in [0, 0.1) is 22.9 Å². The standard InChI is InChI=1S/C17H18FN3O6S/c1-10-13(17(27-19-11(2)22)7-6-16(10)21(23)24)8-12-4-5-15(14(18)9-12)20-28(3,25)26/h4-7,9,20H,8H2,1-3H3,(H,19,22). The van der Waals surface area contributed by atoms with Crippen LogP contribution in [0.2, 0.25) is 0 Å². The first-order valence-corrected chi connectivity index (χ1v) is 9.83. The Hall–Kier alpha value is -3.21. The molecule has 0 saturated heterocycles. The Morgan fingerprint density at radius 3 is 2.50 bits per heavy atom. The fraction of sp³-hybridized carbons (Fsp3) is 0.235. The summed E-state index contributed by atoms with van der Waals surface area (Å²) in [6.45, 7) is 2.75. The number of carbonyl (C=O) groups excluding carboxylic acids is 1. The molecule has 0 aromatic heterocycles. The summed E-state index contributed by atoms with van der Waals surface area (Å²) in [5.41, 5.74) is 2.89. The Kier molecular flexibility index (Phi) is 6.19. The second kappa shape index (κ2) is 8.21. The summed E-state index contributed by atoms with van der Waals surface area (Å²) in [5.74, 6) is -1.09. The number of amides is 1. The van der Waals surface area contributed by atoms with Crippen molar-refractivity contribution in [3.63, 3.8) is 0 Å². The molecule has 0 atom stereocenters. The molecule has 0 aliphatic rings. The summed E-state index contributed by atoms with van der Waals surface area (Å²) in [7, 11) is -3.64. The van der Waals surface area contributed by atoms with Gasteiger partial charge in [0, 0.05) is 30.5 Å². The normalized spacial score (nSPS) is 11.0. The van der Waals surface area contributed by atoms with Crippen molar-refractivity contribution in [2.24, 2.45) is 0 Å². The third kappa shape index (κ3) is 5.39. The minimum Gasteiger partial charge on any atom is -0.379 e. The van der Waals surface area contributed by atoms with E-state index in [0.29, 0.717) is 16.7 Å². The number of benzene rings is 2. The molecule has 0 saturated carbocycles. The maximum atomic E-state index is 14.2. The van der Waals surface area contributed by atoms with E-state index < -0.39 is 26.7 Å². The van der Waals surface area contributed by atoms with Gasteiger partial charge in [0.1, 0.15) is 5.82 Å². The van der Waals surface area contributed by atoms with E-state index in [0.717, 1.165) is 12.3 Å². The number of hydroxylamine groups is 1. The molecule has 2 aromatic carbocycles. The molecule has 0 heterocycles. The molecule has 2 aromatic rings. The lowest BCUT2D eigenvalue weighted by Crippen LogP contribution is -2.24.